The number of benzene rings is 1. The van der Waals surface area contributed by atoms with Crippen molar-refractivity contribution in [1.82, 2.24) is 5.32 Å². The molecule has 6 nitrogen and oxygen atoms in total. The van der Waals surface area contributed by atoms with Crippen LogP contribution < -0.4 is 5.32 Å². The SMILES string of the molecule is CCOC(=O)CC(NCc1ccccc1)=C(C(=O)OCC)C(=O)C(F)(F)F. The molecule has 1 N–H and O–H groups in total. The average molecular weight is 387 g/mol. The maximum atomic E-state index is 13.0. The van der Waals surface area contributed by atoms with Crippen molar-refractivity contribution >= 4 is 17.7 Å². The van der Waals surface area contributed by atoms with Gasteiger partial charge in [-0.25, -0.2) is 4.79 Å². The van der Waals surface area contributed by atoms with Gasteiger partial charge in [0.05, 0.1) is 19.6 Å². The Balaban J connectivity index is 3.31. The number of ether oxygens (including phenoxy) is 2. The van der Waals surface area contributed by atoms with Crippen molar-refractivity contribution in [3.05, 3.63) is 47.2 Å². The van der Waals surface area contributed by atoms with Crippen LogP contribution in [0.2, 0.25) is 0 Å². The smallest absolute Gasteiger partial charge is 0.455 e. The Morgan fingerprint density at radius 3 is 2.11 bits per heavy atom. The first-order valence-electron chi connectivity index (χ1n) is 8.15. The van der Waals surface area contributed by atoms with Crippen LogP contribution in [0.15, 0.2) is 41.6 Å². The van der Waals surface area contributed by atoms with Crippen LogP contribution in [-0.2, 0) is 30.4 Å². The zero-order valence-corrected chi connectivity index (χ0v) is 14.9. The number of alkyl halides is 3. The molecule has 0 amide bonds. The quantitative estimate of drug-likeness (QED) is 0.304. The topological polar surface area (TPSA) is 81.7 Å². The zero-order chi connectivity index (χ0) is 20.4. The van der Waals surface area contributed by atoms with Gasteiger partial charge in [0.2, 0.25) is 0 Å². The van der Waals surface area contributed by atoms with E-state index in [0.717, 1.165) is 0 Å². The third-order valence-corrected chi connectivity index (χ3v) is 3.24. The highest BCUT2D eigenvalue weighted by molar-refractivity contribution is 6.20. The molecule has 27 heavy (non-hydrogen) atoms. The molecule has 0 saturated carbocycles. The summed E-state index contributed by atoms with van der Waals surface area (Å²) in [5.74, 6) is -4.73. The Kier molecular flexibility index (Phi) is 8.50. The number of Topliss-reactive ketones (excluding diaryl/α,β-unsaturated/α-hetero) is 1. The van der Waals surface area contributed by atoms with E-state index in [-0.39, 0.29) is 19.8 Å². The normalized spacial score (nSPS) is 12.0. The van der Waals surface area contributed by atoms with E-state index in [2.05, 4.69) is 10.1 Å². The fourth-order valence-corrected chi connectivity index (χ4v) is 2.10. The summed E-state index contributed by atoms with van der Waals surface area (Å²) >= 11 is 0. The molecule has 1 aromatic rings. The van der Waals surface area contributed by atoms with Gasteiger partial charge in [0.1, 0.15) is 5.57 Å². The molecule has 0 atom stereocenters. The second-order valence-corrected chi connectivity index (χ2v) is 5.22. The van der Waals surface area contributed by atoms with Gasteiger partial charge in [0.15, 0.2) is 0 Å². The highest BCUT2D eigenvalue weighted by atomic mass is 19.4. The van der Waals surface area contributed by atoms with E-state index >= 15 is 0 Å². The van der Waals surface area contributed by atoms with E-state index in [9.17, 15) is 27.6 Å². The first-order valence-corrected chi connectivity index (χ1v) is 8.15. The minimum absolute atomic E-state index is 0.00719. The number of ketones is 1. The van der Waals surface area contributed by atoms with Crippen LogP contribution in [0, 0.1) is 0 Å². The van der Waals surface area contributed by atoms with Crippen LogP contribution in [0.4, 0.5) is 13.2 Å². The van der Waals surface area contributed by atoms with Crippen LogP contribution in [0.1, 0.15) is 25.8 Å². The van der Waals surface area contributed by atoms with Crippen molar-refractivity contribution in [3.63, 3.8) is 0 Å². The number of hydrogen-bond donors (Lipinski definition) is 1. The third kappa shape index (κ3) is 7.12. The lowest BCUT2D eigenvalue weighted by Gasteiger charge is -2.16. The second kappa shape index (κ2) is 10.3. The first-order chi connectivity index (χ1) is 12.7. The largest absolute Gasteiger partial charge is 0.466 e. The van der Waals surface area contributed by atoms with Crippen molar-refractivity contribution in [1.29, 1.82) is 0 Å². The van der Waals surface area contributed by atoms with E-state index in [4.69, 9.17) is 4.74 Å². The van der Waals surface area contributed by atoms with Gasteiger partial charge in [-0.1, -0.05) is 30.3 Å². The lowest BCUT2D eigenvalue weighted by Crippen LogP contribution is -2.33. The Morgan fingerprint density at radius 2 is 1.59 bits per heavy atom. The molecule has 0 fully saturated rings. The predicted octanol–water partition coefficient (Wildman–Crippen LogP) is 2.68. The van der Waals surface area contributed by atoms with Gasteiger partial charge >= 0.3 is 18.1 Å². The second-order valence-electron chi connectivity index (χ2n) is 5.22. The van der Waals surface area contributed by atoms with Crippen LogP contribution in [0.5, 0.6) is 0 Å². The summed E-state index contributed by atoms with van der Waals surface area (Å²) < 4.78 is 48.2. The lowest BCUT2D eigenvalue weighted by molar-refractivity contribution is -0.168. The molecule has 0 radical (unpaired) electrons. The molecule has 0 unspecified atom stereocenters. The van der Waals surface area contributed by atoms with Gasteiger partial charge in [-0.2, -0.15) is 13.2 Å². The van der Waals surface area contributed by atoms with Gasteiger partial charge < -0.3 is 14.8 Å². The van der Waals surface area contributed by atoms with Crippen LogP contribution >= 0.6 is 0 Å². The van der Waals surface area contributed by atoms with Crippen LogP contribution in [-0.4, -0.2) is 37.1 Å². The number of rotatable bonds is 9. The van der Waals surface area contributed by atoms with E-state index in [0.29, 0.717) is 5.56 Å². The number of carbonyl (C=O) groups is 3. The van der Waals surface area contributed by atoms with Gasteiger partial charge in [-0.15, -0.1) is 0 Å². The van der Waals surface area contributed by atoms with E-state index in [1.165, 1.54) is 13.8 Å². The summed E-state index contributed by atoms with van der Waals surface area (Å²) in [6.45, 7) is 2.65. The molecule has 9 heteroatoms. The zero-order valence-electron chi connectivity index (χ0n) is 14.9. The number of esters is 2. The Hall–Kier alpha value is -2.84. The lowest BCUT2D eigenvalue weighted by atomic mass is 10.1. The molecule has 0 heterocycles. The molecule has 148 valence electrons. The summed E-state index contributed by atoms with van der Waals surface area (Å²) in [5, 5.41) is 2.57. The maximum Gasteiger partial charge on any atom is 0.455 e. The first kappa shape index (κ1) is 22.2. The third-order valence-electron chi connectivity index (χ3n) is 3.24. The predicted molar refractivity (Wildman–Crippen MR) is 89.3 cm³/mol. The highest BCUT2D eigenvalue weighted by Gasteiger charge is 2.45. The summed E-state index contributed by atoms with van der Waals surface area (Å²) in [6.07, 6.45) is -6.02. The minimum Gasteiger partial charge on any atom is -0.466 e. The van der Waals surface area contributed by atoms with Gasteiger partial charge in [-0.05, 0) is 19.4 Å². The summed E-state index contributed by atoms with van der Waals surface area (Å²) in [7, 11) is 0. The molecule has 0 aliphatic carbocycles. The van der Waals surface area contributed by atoms with E-state index in [1.54, 1.807) is 30.3 Å². The van der Waals surface area contributed by atoms with Crippen LogP contribution in [0.25, 0.3) is 0 Å². The van der Waals surface area contributed by atoms with Crippen molar-refractivity contribution in [3.8, 4) is 0 Å². The fraction of sp³-hybridized carbons (Fsp3) is 0.389. The summed E-state index contributed by atoms with van der Waals surface area (Å²) in [6, 6.07) is 8.53. The van der Waals surface area contributed by atoms with Crippen molar-refractivity contribution < 1.29 is 37.0 Å². The average Bonchev–Trinajstić information content (AvgIpc) is 2.60. The molecule has 0 aliphatic rings. The van der Waals surface area contributed by atoms with Crippen molar-refractivity contribution in [2.24, 2.45) is 0 Å². The number of halogens is 3. The molecule has 1 aromatic carbocycles. The van der Waals surface area contributed by atoms with Gasteiger partial charge in [0.25, 0.3) is 5.78 Å². The Labute approximate surface area is 154 Å². The van der Waals surface area contributed by atoms with E-state index in [1.807, 2.05) is 0 Å². The monoisotopic (exact) mass is 387 g/mol. The van der Waals surface area contributed by atoms with Crippen molar-refractivity contribution in [2.75, 3.05) is 13.2 Å². The maximum absolute atomic E-state index is 13.0. The van der Waals surface area contributed by atoms with Crippen molar-refractivity contribution in [2.45, 2.75) is 33.0 Å². The van der Waals surface area contributed by atoms with Crippen LogP contribution in [0.3, 0.4) is 0 Å². The summed E-state index contributed by atoms with van der Waals surface area (Å²) in [5.41, 5.74) is -1.09. The fourth-order valence-electron chi connectivity index (χ4n) is 2.10. The molecule has 0 aliphatic heterocycles. The molecular formula is C18H20F3NO5. The minimum atomic E-state index is -5.31. The number of nitrogens with one attached hydrogen (secondary N) is 1. The molecule has 0 bridgehead atoms. The Morgan fingerprint density at radius 1 is 1.00 bits per heavy atom. The number of hydrogen-bond acceptors (Lipinski definition) is 6. The molecule has 1 rings (SSSR count). The van der Waals surface area contributed by atoms with Gasteiger partial charge in [0, 0.05) is 12.2 Å². The molecule has 0 saturated heterocycles. The molecule has 0 aromatic heterocycles. The Bertz CT molecular complexity index is 699. The highest BCUT2D eigenvalue weighted by Crippen LogP contribution is 2.24. The summed E-state index contributed by atoms with van der Waals surface area (Å²) in [4.78, 5) is 35.6. The van der Waals surface area contributed by atoms with Gasteiger partial charge in [-0.3, -0.25) is 9.59 Å². The molecule has 0 spiro atoms. The number of carbonyl (C=O) groups excluding carboxylic acids is 3. The molecular weight excluding hydrogens is 367 g/mol. The van der Waals surface area contributed by atoms with E-state index < -0.39 is 41.6 Å². The standard InChI is InChI=1S/C18H20F3NO5/c1-3-26-14(23)10-13(22-11-12-8-6-5-7-9-12)15(17(25)27-4-2)16(24)18(19,20)21/h5-9,22H,3-4,10-11H2,1-2H3.